The number of halogens is 1. The van der Waals surface area contributed by atoms with Gasteiger partial charge in [0.2, 0.25) is 5.91 Å². The Morgan fingerprint density at radius 3 is 2.38 bits per heavy atom. The summed E-state index contributed by atoms with van der Waals surface area (Å²) < 4.78 is 32.3. The van der Waals surface area contributed by atoms with Gasteiger partial charge < -0.3 is 10.5 Å². The molecule has 0 aliphatic heterocycles. The number of amides is 1. The molecule has 0 saturated carbocycles. The molecule has 128 valence electrons. The van der Waals surface area contributed by atoms with E-state index in [9.17, 15) is 13.2 Å². The van der Waals surface area contributed by atoms with Crippen LogP contribution in [0.3, 0.4) is 0 Å². The average molecular weight is 369 g/mol. The summed E-state index contributed by atoms with van der Waals surface area (Å²) in [5.41, 5.74) is 5.49. The van der Waals surface area contributed by atoms with Crippen LogP contribution in [0.1, 0.15) is 6.92 Å². The molecule has 24 heavy (non-hydrogen) atoms. The van der Waals surface area contributed by atoms with Crippen molar-refractivity contribution in [3.05, 3.63) is 53.6 Å². The molecule has 0 spiro atoms. The molecular formula is C16H17ClN2O4S. The SMILES string of the molecule is CCOc1ccccc1N(CC(N)=O)S(=O)(=O)c1ccc(Cl)cc1. The summed E-state index contributed by atoms with van der Waals surface area (Å²) in [4.78, 5) is 11.4. The van der Waals surface area contributed by atoms with Gasteiger partial charge in [-0.05, 0) is 43.3 Å². The Labute approximate surface area is 145 Å². The number of sulfonamides is 1. The summed E-state index contributed by atoms with van der Waals surface area (Å²) in [5, 5.41) is 0.408. The Bertz CT molecular complexity index is 822. The van der Waals surface area contributed by atoms with Crippen molar-refractivity contribution in [2.24, 2.45) is 5.73 Å². The van der Waals surface area contributed by atoms with Gasteiger partial charge in [0.1, 0.15) is 12.3 Å². The van der Waals surface area contributed by atoms with Crippen molar-refractivity contribution in [3.8, 4) is 5.75 Å². The third kappa shape index (κ3) is 3.98. The number of rotatable bonds is 7. The van der Waals surface area contributed by atoms with Gasteiger partial charge in [-0.15, -0.1) is 0 Å². The van der Waals surface area contributed by atoms with Gasteiger partial charge in [-0.25, -0.2) is 8.42 Å². The van der Waals surface area contributed by atoms with Gasteiger partial charge in [-0.3, -0.25) is 9.10 Å². The first-order valence-electron chi connectivity index (χ1n) is 7.14. The fourth-order valence-corrected chi connectivity index (χ4v) is 3.68. The van der Waals surface area contributed by atoms with Crippen LogP contribution in [0, 0.1) is 0 Å². The molecule has 0 atom stereocenters. The first-order valence-corrected chi connectivity index (χ1v) is 8.96. The molecule has 2 aromatic rings. The molecule has 0 bridgehead atoms. The first kappa shape index (κ1) is 18.1. The molecular weight excluding hydrogens is 352 g/mol. The van der Waals surface area contributed by atoms with Crippen LogP contribution >= 0.6 is 11.6 Å². The first-order chi connectivity index (χ1) is 11.4. The maximum atomic E-state index is 13.0. The summed E-state index contributed by atoms with van der Waals surface area (Å²) >= 11 is 5.81. The minimum Gasteiger partial charge on any atom is -0.492 e. The van der Waals surface area contributed by atoms with Crippen molar-refractivity contribution >= 4 is 33.2 Å². The molecule has 8 heteroatoms. The smallest absolute Gasteiger partial charge is 0.264 e. The zero-order valence-electron chi connectivity index (χ0n) is 13.0. The van der Waals surface area contributed by atoms with Gasteiger partial charge in [0.25, 0.3) is 10.0 Å². The van der Waals surface area contributed by atoms with Crippen LogP contribution in [0.25, 0.3) is 0 Å². The van der Waals surface area contributed by atoms with E-state index in [1.165, 1.54) is 24.3 Å². The van der Waals surface area contributed by atoms with Gasteiger partial charge in [-0.2, -0.15) is 0 Å². The molecule has 6 nitrogen and oxygen atoms in total. The topological polar surface area (TPSA) is 89.7 Å². The third-order valence-electron chi connectivity index (χ3n) is 3.13. The fraction of sp³-hybridized carbons (Fsp3) is 0.188. The maximum Gasteiger partial charge on any atom is 0.264 e. The molecule has 0 aromatic heterocycles. The minimum absolute atomic E-state index is 0.000508. The summed E-state index contributed by atoms with van der Waals surface area (Å²) in [5.74, 6) is -0.433. The molecule has 0 saturated heterocycles. The van der Waals surface area contributed by atoms with Gasteiger partial charge in [-0.1, -0.05) is 23.7 Å². The van der Waals surface area contributed by atoms with Gasteiger partial charge in [0, 0.05) is 5.02 Å². The largest absolute Gasteiger partial charge is 0.492 e. The Balaban J connectivity index is 2.57. The highest BCUT2D eigenvalue weighted by Gasteiger charge is 2.28. The molecule has 2 aromatic carbocycles. The summed E-state index contributed by atoms with van der Waals surface area (Å²) in [6.07, 6.45) is 0. The lowest BCUT2D eigenvalue weighted by Crippen LogP contribution is -2.38. The lowest BCUT2D eigenvalue weighted by molar-refractivity contribution is -0.116. The van der Waals surface area contributed by atoms with Crippen molar-refractivity contribution in [1.82, 2.24) is 0 Å². The molecule has 0 aliphatic rings. The van der Waals surface area contributed by atoms with Crippen molar-refractivity contribution in [2.75, 3.05) is 17.5 Å². The lowest BCUT2D eigenvalue weighted by atomic mass is 10.3. The number of para-hydroxylation sites is 2. The van der Waals surface area contributed by atoms with Crippen molar-refractivity contribution < 1.29 is 17.9 Å². The number of carbonyl (C=O) groups excluding carboxylic acids is 1. The quantitative estimate of drug-likeness (QED) is 0.812. The normalized spacial score (nSPS) is 11.1. The van der Waals surface area contributed by atoms with Crippen LogP contribution in [-0.2, 0) is 14.8 Å². The zero-order chi connectivity index (χ0) is 17.7. The average Bonchev–Trinajstić information content (AvgIpc) is 2.54. The summed E-state index contributed by atoms with van der Waals surface area (Å²) in [6.45, 7) is 1.63. The van der Waals surface area contributed by atoms with E-state index in [0.29, 0.717) is 17.4 Å². The number of ether oxygens (including phenoxy) is 1. The number of anilines is 1. The molecule has 0 radical (unpaired) electrons. The highest BCUT2D eigenvalue weighted by Crippen LogP contribution is 2.32. The minimum atomic E-state index is -4.01. The monoisotopic (exact) mass is 368 g/mol. The van der Waals surface area contributed by atoms with E-state index < -0.39 is 22.5 Å². The fourth-order valence-electron chi connectivity index (χ4n) is 2.12. The Morgan fingerprint density at radius 1 is 1.17 bits per heavy atom. The predicted octanol–water partition coefficient (Wildman–Crippen LogP) is 2.42. The molecule has 0 fully saturated rings. The van der Waals surface area contributed by atoms with Crippen LogP contribution in [0.4, 0.5) is 5.69 Å². The van der Waals surface area contributed by atoms with E-state index in [1.807, 2.05) is 0 Å². The van der Waals surface area contributed by atoms with E-state index in [4.69, 9.17) is 22.1 Å². The van der Waals surface area contributed by atoms with Crippen LogP contribution in [0.15, 0.2) is 53.4 Å². The zero-order valence-corrected chi connectivity index (χ0v) is 14.5. The number of benzene rings is 2. The van der Waals surface area contributed by atoms with E-state index in [1.54, 1.807) is 31.2 Å². The van der Waals surface area contributed by atoms with Crippen molar-refractivity contribution in [2.45, 2.75) is 11.8 Å². The van der Waals surface area contributed by atoms with E-state index in [0.717, 1.165) is 4.31 Å². The highest BCUT2D eigenvalue weighted by atomic mass is 35.5. The maximum absolute atomic E-state index is 13.0. The molecule has 0 unspecified atom stereocenters. The van der Waals surface area contributed by atoms with Crippen LogP contribution < -0.4 is 14.8 Å². The third-order valence-corrected chi connectivity index (χ3v) is 5.16. The second-order valence-corrected chi connectivity index (χ2v) is 7.13. The Kier molecular flexibility index (Phi) is 5.69. The standard InChI is InChI=1S/C16H17ClN2O4S/c1-2-23-15-6-4-3-5-14(15)19(11-16(18)20)24(21,22)13-9-7-12(17)8-10-13/h3-10H,2,11H2,1H3,(H2,18,20). The summed E-state index contributed by atoms with van der Waals surface area (Å²) in [7, 11) is -4.01. The molecule has 0 aliphatic carbocycles. The number of hydrogen-bond acceptors (Lipinski definition) is 4. The van der Waals surface area contributed by atoms with Crippen molar-refractivity contribution in [1.29, 1.82) is 0 Å². The number of carbonyl (C=O) groups is 1. The lowest BCUT2D eigenvalue weighted by Gasteiger charge is -2.25. The summed E-state index contributed by atoms with van der Waals surface area (Å²) in [6, 6.07) is 12.2. The van der Waals surface area contributed by atoms with E-state index in [-0.39, 0.29) is 10.6 Å². The molecule has 0 heterocycles. The molecule has 2 rings (SSSR count). The molecule has 2 N–H and O–H groups in total. The Hall–Kier alpha value is -2.25. The van der Waals surface area contributed by atoms with Crippen LogP contribution in [0.2, 0.25) is 5.02 Å². The second-order valence-electron chi connectivity index (χ2n) is 4.83. The van der Waals surface area contributed by atoms with Gasteiger partial charge in [0.05, 0.1) is 17.2 Å². The Morgan fingerprint density at radius 2 is 1.79 bits per heavy atom. The van der Waals surface area contributed by atoms with Gasteiger partial charge >= 0.3 is 0 Å². The second kappa shape index (κ2) is 7.55. The predicted molar refractivity (Wildman–Crippen MR) is 92.8 cm³/mol. The van der Waals surface area contributed by atoms with Crippen molar-refractivity contribution in [3.63, 3.8) is 0 Å². The van der Waals surface area contributed by atoms with Crippen LogP contribution in [-0.4, -0.2) is 27.5 Å². The van der Waals surface area contributed by atoms with E-state index in [2.05, 4.69) is 0 Å². The van der Waals surface area contributed by atoms with Crippen LogP contribution in [0.5, 0.6) is 5.75 Å². The number of nitrogens with two attached hydrogens (primary N) is 1. The molecule has 1 amide bonds. The van der Waals surface area contributed by atoms with Gasteiger partial charge in [0.15, 0.2) is 0 Å². The number of primary amides is 1. The van der Waals surface area contributed by atoms with E-state index >= 15 is 0 Å². The highest BCUT2D eigenvalue weighted by molar-refractivity contribution is 7.92. The number of nitrogens with zero attached hydrogens (tertiary/aromatic N) is 1. The number of hydrogen-bond donors (Lipinski definition) is 1.